The Morgan fingerprint density at radius 2 is 1.77 bits per heavy atom. The van der Waals surface area contributed by atoms with Gasteiger partial charge in [0.2, 0.25) is 15.9 Å². The van der Waals surface area contributed by atoms with Crippen LogP contribution in [0, 0.1) is 11.6 Å². The summed E-state index contributed by atoms with van der Waals surface area (Å²) in [6.45, 7) is 2.84. The molecule has 1 atom stereocenters. The van der Waals surface area contributed by atoms with Crippen LogP contribution in [0.15, 0.2) is 48.5 Å². The number of sulfonamides is 1. The molecule has 1 fully saturated rings. The molecular formula is C22H26F2N2O4S. The Labute approximate surface area is 181 Å². The van der Waals surface area contributed by atoms with Crippen LogP contribution in [0.3, 0.4) is 0 Å². The van der Waals surface area contributed by atoms with Crippen LogP contribution < -0.4 is 9.62 Å². The summed E-state index contributed by atoms with van der Waals surface area (Å²) in [6, 6.07) is 11.4. The second-order valence-electron chi connectivity index (χ2n) is 7.81. The molecule has 0 unspecified atom stereocenters. The summed E-state index contributed by atoms with van der Waals surface area (Å²) >= 11 is 0. The quantitative estimate of drug-likeness (QED) is 0.701. The molecule has 2 aromatic rings. The van der Waals surface area contributed by atoms with Gasteiger partial charge in [-0.1, -0.05) is 30.3 Å². The average molecular weight is 453 g/mol. The maximum atomic E-state index is 13.7. The second kappa shape index (κ2) is 9.32. The maximum Gasteiger partial charge on any atom is 0.243 e. The number of nitrogens with one attached hydrogen (secondary N) is 1. The minimum Gasteiger partial charge on any atom is -0.381 e. The molecule has 31 heavy (non-hydrogen) atoms. The predicted octanol–water partition coefficient (Wildman–Crippen LogP) is 2.98. The van der Waals surface area contributed by atoms with Gasteiger partial charge in [0.25, 0.3) is 0 Å². The fourth-order valence-corrected chi connectivity index (χ4v) is 5.12. The SMILES string of the molecule is C[C@@H](C(=O)NCC1(c2ccccc2)CCOCC1)N(c1ccc(F)c(F)c1)S(C)(=O)=O. The number of carbonyl (C=O) groups excluding carboxylic acids is 1. The van der Waals surface area contributed by atoms with Crippen LogP contribution >= 0.6 is 0 Å². The number of benzene rings is 2. The lowest BCUT2D eigenvalue weighted by molar-refractivity contribution is -0.122. The molecule has 0 bridgehead atoms. The average Bonchev–Trinajstić information content (AvgIpc) is 2.75. The second-order valence-corrected chi connectivity index (χ2v) is 9.67. The summed E-state index contributed by atoms with van der Waals surface area (Å²) in [7, 11) is -3.94. The molecule has 1 aliphatic heterocycles. The third-order valence-electron chi connectivity index (χ3n) is 5.68. The summed E-state index contributed by atoms with van der Waals surface area (Å²) in [5, 5.41) is 2.87. The molecular weight excluding hydrogens is 426 g/mol. The van der Waals surface area contributed by atoms with E-state index < -0.39 is 33.6 Å². The Morgan fingerprint density at radius 3 is 2.35 bits per heavy atom. The summed E-state index contributed by atoms with van der Waals surface area (Å²) in [6.07, 6.45) is 2.34. The molecule has 168 valence electrons. The van der Waals surface area contributed by atoms with Gasteiger partial charge in [-0.3, -0.25) is 9.10 Å². The zero-order valence-electron chi connectivity index (χ0n) is 17.5. The molecule has 0 spiro atoms. The van der Waals surface area contributed by atoms with Crippen molar-refractivity contribution in [2.45, 2.75) is 31.2 Å². The number of hydrogen-bond acceptors (Lipinski definition) is 4. The van der Waals surface area contributed by atoms with Crippen LogP contribution in [0.25, 0.3) is 0 Å². The number of rotatable bonds is 7. The van der Waals surface area contributed by atoms with E-state index >= 15 is 0 Å². The van der Waals surface area contributed by atoms with Gasteiger partial charge in [-0.25, -0.2) is 17.2 Å². The van der Waals surface area contributed by atoms with Crippen molar-refractivity contribution < 1.29 is 26.7 Å². The van der Waals surface area contributed by atoms with Gasteiger partial charge in [-0.05, 0) is 37.5 Å². The number of halogens is 2. The van der Waals surface area contributed by atoms with E-state index in [1.807, 2.05) is 30.3 Å². The van der Waals surface area contributed by atoms with Gasteiger partial charge in [-0.2, -0.15) is 0 Å². The Morgan fingerprint density at radius 1 is 1.13 bits per heavy atom. The topological polar surface area (TPSA) is 75.7 Å². The molecule has 1 amide bonds. The summed E-state index contributed by atoms with van der Waals surface area (Å²) < 4.78 is 58.1. The predicted molar refractivity (Wildman–Crippen MR) is 114 cm³/mol. The first kappa shape index (κ1) is 23.1. The van der Waals surface area contributed by atoms with Crippen molar-refractivity contribution in [3.8, 4) is 0 Å². The minimum atomic E-state index is -3.94. The Bertz CT molecular complexity index is 1030. The zero-order chi connectivity index (χ0) is 22.6. The number of nitrogens with zero attached hydrogens (tertiary/aromatic N) is 1. The van der Waals surface area contributed by atoms with Crippen LogP contribution in [0.1, 0.15) is 25.3 Å². The molecule has 1 saturated heterocycles. The third-order valence-corrected chi connectivity index (χ3v) is 6.92. The molecule has 0 aliphatic carbocycles. The van der Waals surface area contributed by atoms with E-state index in [0.29, 0.717) is 32.6 Å². The van der Waals surface area contributed by atoms with Gasteiger partial charge in [0.1, 0.15) is 6.04 Å². The lowest BCUT2D eigenvalue weighted by Gasteiger charge is -2.38. The molecule has 6 nitrogen and oxygen atoms in total. The third kappa shape index (κ3) is 5.22. The standard InChI is InChI=1S/C22H26F2N2O4S/c1-16(26(31(2,28)29)18-8-9-19(23)20(24)14-18)21(27)25-15-22(10-12-30-13-11-22)17-6-4-3-5-7-17/h3-9,14,16H,10-13,15H2,1-2H3,(H,25,27)/t16-/m0/s1. The Kier molecular flexibility index (Phi) is 6.96. The lowest BCUT2D eigenvalue weighted by Crippen LogP contribution is -2.51. The molecule has 1 heterocycles. The first-order valence-corrected chi connectivity index (χ1v) is 11.8. The summed E-state index contributed by atoms with van der Waals surface area (Å²) in [5.41, 5.74) is 0.631. The number of hydrogen-bond donors (Lipinski definition) is 1. The van der Waals surface area contributed by atoms with Crippen LogP contribution in [0.4, 0.5) is 14.5 Å². The van der Waals surface area contributed by atoms with E-state index in [0.717, 1.165) is 34.3 Å². The minimum absolute atomic E-state index is 0.118. The first-order valence-electron chi connectivity index (χ1n) is 9.99. The van der Waals surface area contributed by atoms with E-state index in [2.05, 4.69) is 5.32 Å². The highest BCUT2D eigenvalue weighted by atomic mass is 32.2. The summed E-state index contributed by atoms with van der Waals surface area (Å²) in [4.78, 5) is 13.0. The maximum absolute atomic E-state index is 13.7. The molecule has 1 aliphatic rings. The van der Waals surface area contributed by atoms with Crippen LogP contribution in [-0.2, 0) is 25.0 Å². The molecule has 1 N–H and O–H groups in total. The van der Waals surface area contributed by atoms with Crippen LogP contribution in [-0.4, -0.2) is 46.4 Å². The monoisotopic (exact) mass is 452 g/mol. The normalized spacial score (nSPS) is 17.0. The first-order chi connectivity index (χ1) is 14.6. The molecule has 3 rings (SSSR count). The van der Waals surface area contributed by atoms with Gasteiger partial charge in [0, 0.05) is 31.2 Å². The Balaban J connectivity index is 1.82. The summed E-state index contributed by atoms with van der Waals surface area (Å²) in [5.74, 6) is -2.82. The largest absolute Gasteiger partial charge is 0.381 e. The van der Waals surface area contributed by atoms with Crippen LogP contribution in [0.2, 0.25) is 0 Å². The van der Waals surface area contributed by atoms with Gasteiger partial charge >= 0.3 is 0 Å². The van der Waals surface area contributed by atoms with Crippen molar-refractivity contribution in [3.63, 3.8) is 0 Å². The molecule has 9 heteroatoms. The van der Waals surface area contributed by atoms with E-state index in [-0.39, 0.29) is 11.1 Å². The number of anilines is 1. The fourth-order valence-electron chi connectivity index (χ4n) is 3.96. The zero-order valence-corrected chi connectivity index (χ0v) is 18.3. The van der Waals surface area contributed by atoms with Crippen molar-refractivity contribution in [2.24, 2.45) is 0 Å². The molecule has 2 aromatic carbocycles. The highest BCUT2D eigenvalue weighted by molar-refractivity contribution is 7.92. The van der Waals surface area contributed by atoms with Crippen molar-refractivity contribution in [2.75, 3.05) is 30.3 Å². The van der Waals surface area contributed by atoms with E-state index in [1.165, 1.54) is 6.92 Å². The van der Waals surface area contributed by atoms with Crippen molar-refractivity contribution in [1.29, 1.82) is 0 Å². The highest BCUT2D eigenvalue weighted by Crippen LogP contribution is 2.34. The molecule has 0 saturated carbocycles. The van der Waals surface area contributed by atoms with Crippen molar-refractivity contribution in [3.05, 3.63) is 65.7 Å². The highest BCUT2D eigenvalue weighted by Gasteiger charge is 2.36. The van der Waals surface area contributed by atoms with Gasteiger partial charge in [0.15, 0.2) is 11.6 Å². The smallest absolute Gasteiger partial charge is 0.243 e. The van der Waals surface area contributed by atoms with Crippen molar-refractivity contribution >= 4 is 21.6 Å². The van der Waals surface area contributed by atoms with E-state index in [1.54, 1.807) is 0 Å². The van der Waals surface area contributed by atoms with E-state index in [9.17, 15) is 22.0 Å². The van der Waals surface area contributed by atoms with Gasteiger partial charge < -0.3 is 10.1 Å². The number of carbonyl (C=O) groups is 1. The Hall–Kier alpha value is -2.52. The lowest BCUT2D eigenvalue weighted by atomic mass is 9.74. The molecule has 0 radical (unpaired) electrons. The fraction of sp³-hybridized carbons (Fsp3) is 0.409. The van der Waals surface area contributed by atoms with Crippen LogP contribution in [0.5, 0.6) is 0 Å². The van der Waals surface area contributed by atoms with Gasteiger partial charge in [-0.15, -0.1) is 0 Å². The number of ether oxygens (including phenoxy) is 1. The number of amides is 1. The van der Waals surface area contributed by atoms with E-state index in [4.69, 9.17) is 4.74 Å². The van der Waals surface area contributed by atoms with Crippen molar-refractivity contribution in [1.82, 2.24) is 5.32 Å². The van der Waals surface area contributed by atoms with Gasteiger partial charge in [0.05, 0.1) is 11.9 Å². The molecule has 0 aromatic heterocycles.